The first-order chi connectivity index (χ1) is 14.6. The molecular weight excluding hydrogens is 404 g/mol. The van der Waals surface area contributed by atoms with E-state index in [0.29, 0.717) is 12.8 Å². The largest absolute Gasteiger partial charge is 0.508 e. The van der Waals surface area contributed by atoms with Crippen LogP contribution in [0.1, 0.15) is 24.5 Å². The van der Waals surface area contributed by atoms with Crippen LogP contribution in [0, 0.1) is 0 Å². The van der Waals surface area contributed by atoms with Crippen molar-refractivity contribution in [3.8, 4) is 5.75 Å². The number of carbonyl (C=O) groups is 3. The minimum atomic E-state index is -1.05. The Hall–Kier alpha value is -3.43. The van der Waals surface area contributed by atoms with Gasteiger partial charge in [0.1, 0.15) is 23.9 Å². The molecule has 168 valence electrons. The molecule has 2 aromatic rings. The van der Waals surface area contributed by atoms with Crippen LogP contribution in [0.4, 0.5) is 0 Å². The van der Waals surface area contributed by atoms with Crippen molar-refractivity contribution < 1.29 is 34.8 Å². The number of nitrogens with two attached hydrogens (primary N) is 1. The lowest BCUT2D eigenvalue weighted by atomic mass is 10.0. The monoisotopic (exact) mass is 432 g/mol. The molecule has 0 aromatic heterocycles. The van der Waals surface area contributed by atoms with E-state index in [1.54, 1.807) is 12.1 Å². The van der Waals surface area contributed by atoms with Crippen LogP contribution in [0.5, 0.6) is 5.75 Å². The number of benzene rings is 2. The van der Waals surface area contributed by atoms with E-state index in [2.05, 4.69) is 5.32 Å². The number of hydrogen-bond acceptors (Lipinski definition) is 6. The van der Waals surface area contributed by atoms with E-state index < -0.39 is 36.0 Å². The molecule has 0 heterocycles. The first-order valence-electron chi connectivity index (χ1n) is 9.62. The predicted octanol–water partition coefficient (Wildman–Crippen LogP) is 1.48. The number of aliphatic carboxylic acids is 3. The summed E-state index contributed by atoms with van der Waals surface area (Å²) in [7, 11) is 0. The first kappa shape index (κ1) is 25.6. The molecule has 0 aliphatic heterocycles. The molecule has 0 radical (unpaired) electrons. The van der Waals surface area contributed by atoms with Gasteiger partial charge in [0.2, 0.25) is 0 Å². The summed E-state index contributed by atoms with van der Waals surface area (Å²) in [5, 5.41) is 37.8. The van der Waals surface area contributed by atoms with E-state index in [-0.39, 0.29) is 12.2 Å². The average molecular weight is 432 g/mol. The van der Waals surface area contributed by atoms with Crippen LogP contribution in [0.25, 0.3) is 0 Å². The molecule has 0 aliphatic carbocycles. The van der Waals surface area contributed by atoms with Crippen LogP contribution in [0.2, 0.25) is 0 Å². The van der Waals surface area contributed by atoms with Crippen molar-refractivity contribution in [1.29, 1.82) is 0 Å². The van der Waals surface area contributed by atoms with Crippen LogP contribution in [-0.2, 0) is 27.2 Å². The number of hydrogen-bond donors (Lipinski definition) is 6. The molecule has 0 aliphatic rings. The van der Waals surface area contributed by atoms with Crippen LogP contribution in [0.3, 0.4) is 0 Å². The van der Waals surface area contributed by atoms with E-state index >= 15 is 0 Å². The summed E-state index contributed by atoms with van der Waals surface area (Å²) in [5.74, 6) is -2.94. The molecule has 3 atom stereocenters. The Balaban J connectivity index is 0.000000327. The number of rotatable bonds is 10. The lowest BCUT2D eigenvalue weighted by molar-refractivity contribution is -0.142. The molecule has 0 saturated heterocycles. The topological polar surface area (TPSA) is 170 Å². The summed E-state index contributed by atoms with van der Waals surface area (Å²) < 4.78 is 0. The second-order valence-corrected chi connectivity index (χ2v) is 6.96. The highest BCUT2D eigenvalue weighted by Gasteiger charge is 2.22. The number of aryl methyl sites for hydroxylation is 1. The van der Waals surface area contributed by atoms with Gasteiger partial charge in [0.05, 0.1) is 0 Å². The van der Waals surface area contributed by atoms with Gasteiger partial charge in [-0.05, 0) is 49.4 Å². The minimum absolute atomic E-state index is 0.160. The van der Waals surface area contributed by atoms with Gasteiger partial charge in [0.15, 0.2) is 0 Å². The van der Waals surface area contributed by atoms with E-state index in [4.69, 9.17) is 26.2 Å². The molecule has 31 heavy (non-hydrogen) atoms. The molecule has 7 N–H and O–H groups in total. The number of aromatic hydroxyl groups is 1. The molecule has 0 spiro atoms. The zero-order chi connectivity index (χ0) is 23.4. The Morgan fingerprint density at radius 2 is 1.45 bits per heavy atom. The second-order valence-electron chi connectivity index (χ2n) is 6.96. The molecular formula is C22H28N2O7. The van der Waals surface area contributed by atoms with Crippen molar-refractivity contribution in [1.82, 2.24) is 5.32 Å². The van der Waals surface area contributed by atoms with E-state index in [1.807, 2.05) is 30.3 Å². The number of phenols is 1. The van der Waals surface area contributed by atoms with Gasteiger partial charge in [0, 0.05) is 0 Å². The molecule has 0 amide bonds. The third-order valence-electron chi connectivity index (χ3n) is 4.39. The Labute approximate surface area is 180 Å². The van der Waals surface area contributed by atoms with Crippen LogP contribution < -0.4 is 11.1 Å². The second kappa shape index (κ2) is 13.0. The maximum absolute atomic E-state index is 11.0. The first-order valence-corrected chi connectivity index (χ1v) is 9.62. The van der Waals surface area contributed by atoms with Gasteiger partial charge in [-0.1, -0.05) is 42.5 Å². The zero-order valence-corrected chi connectivity index (χ0v) is 17.1. The highest BCUT2D eigenvalue weighted by Crippen LogP contribution is 2.10. The predicted molar refractivity (Wildman–Crippen MR) is 114 cm³/mol. The smallest absolute Gasteiger partial charge is 0.320 e. The Kier molecular flexibility index (Phi) is 10.7. The van der Waals surface area contributed by atoms with Crippen molar-refractivity contribution in [2.75, 3.05) is 0 Å². The number of carboxylic acid groups (broad SMARTS) is 3. The Morgan fingerprint density at radius 3 is 1.94 bits per heavy atom. The van der Waals surface area contributed by atoms with E-state index in [1.165, 1.54) is 19.1 Å². The highest BCUT2D eigenvalue weighted by atomic mass is 16.4. The summed E-state index contributed by atoms with van der Waals surface area (Å²) in [5.41, 5.74) is 7.16. The molecule has 9 nitrogen and oxygen atoms in total. The van der Waals surface area contributed by atoms with E-state index in [9.17, 15) is 14.4 Å². The number of nitrogens with one attached hydrogen (secondary N) is 1. The summed E-state index contributed by atoms with van der Waals surface area (Å²) in [6, 6.07) is 13.2. The maximum Gasteiger partial charge on any atom is 0.320 e. The van der Waals surface area contributed by atoms with Gasteiger partial charge in [-0.25, -0.2) is 0 Å². The van der Waals surface area contributed by atoms with Crippen molar-refractivity contribution in [3.63, 3.8) is 0 Å². The van der Waals surface area contributed by atoms with Crippen LogP contribution >= 0.6 is 0 Å². The lowest BCUT2D eigenvalue weighted by Gasteiger charge is -2.17. The third kappa shape index (κ3) is 10.2. The Bertz CT molecular complexity index is 841. The molecule has 9 heteroatoms. The van der Waals surface area contributed by atoms with Gasteiger partial charge < -0.3 is 26.2 Å². The van der Waals surface area contributed by atoms with Gasteiger partial charge >= 0.3 is 17.9 Å². The molecule has 0 fully saturated rings. The quantitative estimate of drug-likeness (QED) is 0.325. The molecule has 1 unspecified atom stereocenters. The van der Waals surface area contributed by atoms with Crippen molar-refractivity contribution >= 4 is 17.9 Å². The fraction of sp³-hybridized carbons (Fsp3) is 0.318. The normalized spacial score (nSPS) is 13.2. The molecule has 0 bridgehead atoms. The van der Waals surface area contributed by atoms with Crippen molar-refractivity contribution in [2.45, 2.75) is 44.3 Å². The van der Waals surface area contributed by atoms with Crippen molar-refractivity contribution in [3.05, 3.63) is 65.7 Å². The Morgan fingerprint density at radius 1 is 0.871 bits per heavy atom. The fourth-order valence-electron chi connectivity index (χ4n) is 2.58. The zero-order valence-electron chi connectivity index (χ0n) is 17.1. The molecule has 2 rings (SSSR count). The highest BCUT2D eigenvalue weighted by molar-refractivity contribution is 5.77. The lowest BCUT2D eigenvalue weighted by Crippen LogP contribution is -2.45. The summed E-state index contributed by atoms with van der Waals surface area (Å²) in [6.45, 7) is 1.43. The summed E-state index contributed by atoms with van der Waals surface area (Å²) >= 11 is 0. The number of carboxylic acids is 3. The van der Waals surface area contributed by atoms with Gasteiger partial charge in [0.25, 0.3) is 0 Å². The fourth-order valence-corrected chi connectivity index (χ4v) is 2.58. The van der Waals surface area contributed by atoms with Gasteiger partial charge in [-0.2, -0.15) is 0 Å². The standard InChI is InChI=1S/C13H17NO4.C9H11NO3/c1-9(12(15)16)14-11(13(17)18)8-7-10-5-3-2-4-6-10;10-8(9(12)13)5-6-1-3-7(11)4-2-6/h2-6,9,11,14H,7-8H2,1H3,(H,15,16)(H,17,18);1-4,8,11H,5,10H2,(H,12,13)/t9-,11+;/m1./s1. The summed E-state index contributed by atoms with van der Waals surface area (Å²) in [6.07, 6.45) is 1.23. The number of phenolic OH excluding ortho intramolecular Hbond substituents is 1. The van der Waals surface area contributed by atoms with Gasteiger partial charge in [-0.15, -0.1) is 0 Å². The minimum Gasteiger partial charge on any atom is -0.508 e. The summed E-state index contributed by atoms with van der Waals surface area (Å²) in [4.78, 5) is 32.1. The van der Waals surface area contributed by atoms with Crippen LogP contribution in [0.15, 0.2) is 54.6 Å². The average Bonchev–Trinajstić information content (AvgIpc) is 2.73. The molecule has 0 saturated carbocycles. The van der Waals surface area contributed by atoms with Gasteiger partial charge in [-0.3, -0.25) is 19.7 Å². The van der Waals surface area contributed by atoms with Crippen LogP contribution in [-0.4, -0.2) is 56.5 Å². The third-order valence-corrected chi connectivity index (χ3v) is 4.39. The van der Waals surface area contributed by atoms with Crippen molar-refractivity contribution in [2.24, 2.45) is 5.73 Å². The van der Waals surface area contributed by atoms with E-state index in [0.717, 1.165) is 11.1 Å². The maximum atomic E-state index is 11.0. The SMILES string of the molecule is C[C@@H](N[C@@H](CCc1ccccc1)C(=O)O)C(=O)O.NC(Cc1ccc(O)cc1)C(=O)O. The molecule has 2 aromatic carbocycles.